The lowest BCUT2D eigenvalue weighted by atomic mass is 10.1. The number of hydrogen-bond acceptors (Lipinski definition) is 5. The second-order valence-electron chi connectivity index (χ2n) is 6.66. The summed E-state index contributed by atoms with van der Waals surface area (Å²) >= 11 is 0. The van der Waals surface area contributed by atoms with Crippen molar-refractivity contribution in [1.29, 1.82) is 0 Å². The van der Waals surface area contributed by atoms with Crippen molar-refractivity contribution in [3.63, 3.8) is 0 Å². The zero-order valence-electron chi connectivity index (χ0n) is 17.7. The van der Waals surface area contributed by atoms with Gasteiger partial charge in [0.2, 0.25) is 0 Å². The van der Waals surface area contributed by atoms with E-state index in [-0.39, 0.29) is 5.91 Å². The van der Waals surface area contributed by atoms with Crippen molar-refractivity contribution in [2.45, 2.75) is 6.92 Å². The van der Waals surface area contributed by atoms with Gasteiger partial charge in [-0.05, 0) is 67.6 Å². The fraction of sp³-hybridized carbons (Fsp3) is 0.167. The molecule has 0 aromatic heterocycles. The molecule has 3 rings (SSSR count). The number of methoxy groups -OCH3 is 1. The average Bonchev–Trinajstić information content (AvgIpc) is 2.80. The summed E-state index contributed by atoms with van der Waals surface area (Å²) in [5.74, 6) is 0.511. The minimum Gasteiger partial charge on any atom is -0.497 e. The van der Waals surface area contributed by atoms with Crippen LogP contribution in [-0.2, 0) is 4.74 Å². The normalized spacial score (nSPS) is 10.2. The number of para-hydroxylation sites is 1. The highest BCUT2D eigenvalue weighted by Crippen LogP contribution is 2.24. The van der Waals surface area contributed by atoms with Gasteiger partial charge < -0.3 is 20.1 Å². The molecular formula is C24H25N3O4. The third-order valence-corrected chi connectivity index (χ3v) is 4.59. The highest BCUT2D eigenvalue weighted by atomic mass is 16.6. The fourth-order valence-electron chi connectivity index (χ4n) is 2.91. The van der Waals surface area contributed by atoms with Crippen molar-refractivity contribution in [2.75, 3.05) is 36.3 Å². The molecule has 31 heavy (non-hydrogen) atoms. The molecule has 0 saturated carbocycles. The number of nitrogens with one attached hydrogen (secondary N) is 2. The lowest BCUT2D eigenvalue weighted by Crippen LogP contribution is -2.26. The molecule has 0 heterocycles. The minimum atomic E-state index is -0.433. The van der Waals surface area contributed by atoms with E-state index in [9.17, 15) is 9.59 Å². The van der Waals surface area contributed by atoms with Crippen LogP contribution < -0.4 is 20.3 Å². The van der Waals surface area contributed by atoms with Crippen LogP contribution in [-0.4, -0.2) is 32.8 Å². The van der Waals surface area contributed by atoms with Crippen molar-refractivity contribution in [1.82, 2.24) is 0 Å². The van der Waals surface area contributed by atoms with E-state index in [1.165, 1.54) is 4.90 Å². The first kappa shape index (κ1) is 21.7. The first-order valence-corrected chi connectivity index (χ1v) is 9.84. The quantitative estimate of drug-likeness (QED) is 0.544. The van der Waals surface area contributed by atoms with Crippen molar-refractivity contribution < 1.29 is 19.1 Å². The maximum Gasteiger partial charge on any atom is 0.413 e. The molecule has 0 aliphatic carbocycles. The number of amides is 2. The Morgan fingerprint density at radius 3 is 2.19 bits per heavy atom. The summed E-state index contributed by atoms with van der Waals surface area (Å²) in [5, 5.41) is 6.15. The maximum absolute atomic E-state index is 12.9. The Balaban J connectivity index is 1.71. The molecule has 160 valence electrons. The monoisotopic (exact) mass is 419 g/mol. The van der Waals surface area contributed by atoms with Crippen LogP contribution in [0.2, 0.25) is 0 Å². The summed E-state index contributed by atoms with van der Waals surface area (Å²) in [4.78, 5) is 26.1. The van der Waals surface area contributed by atoms with Gasteiger partial charge in [0.1, 0.15) is 5.75 Å². The predicted molar refractivity (Wildman–Crippen MR) is 123 cm³/mol. The summed E-state index contributed by atoms with van der Waals surface area (Å²) in [5.41, 5.74) is 3.31. The van der Waals surface area contributed by atoms with Crippen LogP contribution in [0.3, 0.4) is 0 Å². The van der Waals surface area contributed by atoms with E-state index >= 15 is 0 Å². The first-order valence-electron chi connectivity index (χ1n) is 9.84. The summed E-state index contributed by atoms with van der Waals surface area (Å²) in [6.45, 7) is 2.06. The van der Waals surface area contributed by atoms with Crippen molar-refractivity contribution in [3.8, 4) is 5.75 Å². The minimum absolute atomic E-state index is 0.247. The highest BCUT2D eigenvalue weighted by molar-refractivity contribution is 6.08. The summed E-state index contributed by atoms with van der Waals surface area (Å²) in [6.07, 6.45) is -0.433. The molecule has 0 saturated heterocycles. The van der Waals surface area contributed by atoms with Crippen LogP contribution in [0.5, 0.6) is 5.75 Å². The molecule has 0 fully saturated rings. The van der Waals surface area contributed by atoms with E-state index in [0.717, 1.165) is 11.4 Å². The van der Waals surface area contributed by atoms with E-state index in [1.54, 1.807) is 51.4 Å². The Hall–Kier alpha value is -4.00. The van der Waals surface area contributed by atoms with Gasteiger partial charge >= 0.3 is 6.09 Å². The summed E-state index contributed by atoms with van der Waals surface area (Å²) in [6, 6.07) is 21.7. The zero-order valence-corrected chi connectivity index (χ0v) is 17.7. The molecule has 7 heteroatoms. The SMILES string of the molecule is CCOC(=O)N(C)c1ccc(NC(=O)c2ccccc2Nc2ccc(OC)cc2)cc1. The molecular weight excluding hydrogens is 394 g/mol. The average molecular weight is 419 g/mol. The van der Waals surface area contributed by atoms with E-state index in [0.29, 0.717) is 29.2 Å². The number of benzene rings is 3. The molecule has 0 atom stereocenters. The Labute approximate surface area is 181 Å². The third kappa shape index (κ3) is 5.54. The molecule has 3 aromatic rings. The van der Waals surface area contributed by atoms with Crippen molar-refractivity contribution >= 4 is 34.7 Å². The lowest BCUT2D eigenvalue weighted by Gasteiger charge is -2.17. The number of ether oxygens (including phenoxy) is 2. The van der Waals surface area contributed by atoms with E-state index in [4.69, 9.17) is 9.47 Å². The largest absolute Gasteiger partial charge is 0.497 e. The number of carbonyl (C=O) groups excluding carboxylic acids is 2. The smallest absolute Gasteiger partial charge is 0.413 e. The molecule has 0 bridgehead atoms. The molecule has 7 nitrogen and oxygen atoms in total. The standard InChI is InChI=1S/C24H25N3O4/c1-4-31-24(29)27(2)19-13-9-18(10-14-19)26-23(28)21-7-5-6-8-22(21)25-17-11-15-20(30-3)16-12-17/h5-16,25H,4H2,1-3H3,(H,26,28). The van der Waals surface area contributed by atoms with E-state index < -0.39 is 6.09 Å². The Bertz CT molecular complexity index is 1030. The van der Waals surface area contributed by atoms with Gasteiger partial charge in [-0.1, -0.05) is 12.1 Å². The molecule has 3 aromatic carbocycles. The molecule has 0 radical (unpaired) electrons. The predicted octanol–water partition coefficient (Wildman–Crippen LogP) is 5.28. The molecule has 2 N–H and O–H groups in total. The highest BCUT2D eigenvalue weighted by Gasteiger charge is 2.14. The first-order chi connectivity index (χ1) is 15.0. The fourth-order valence-corrected chi connectivity index (χ4v) is 2.91. The van der Waals surface area contributed by atoms with Gasteiger partial charge in [0.25, 0.3) is 5.91 Å². The number of carbonyl (C=O) groups is 2. The van der Waals surface area contributed by atoms with E-state index in [2.05, 4.69) is 10.6 Å². The van der Waals surface area contributed by atoms with Crippen LogP contribution in [0.25, 0.3) is 0 Å². The van der Waals surface area contributed by atoms with Gasteiger partial charge in [0, 0.05) is 24.1 Å². The van der Waals surface area contributed by atoms with Gasteiger partial charge in [-0.25, -0.2) is 4.79 Å². The van der Waals surface area contributed by atoms with Gasteiger partial charge in [0.05, 0.1) is 25.0 Å². The number of hydrogen-bond donors (Lipinski definition) is 2. The van der Waals surface area contributed by atoms with Crippen molar-refractivity contribution in [3.05, 3.63) is 78.4 Å². The van der Waals surface area contributed by atoms with Crippen LogP contribution in [0.15, 0.2) is 72.8 Å². The second kappa shape index (κ2) is 10.2. The third-order valence-electron chi connectivity index (χ3n) is 4.59. The zero-order chi connectivity index (χ0) is 22.2. The summed E-state index contributed by atoms with van der Waals surface area (Å²) < 4.78 is 10.2. The molecule has 0 aliphatic rings. The molecule has 0 unspecified atom stereocenters. The summed E-state index contributed by atoms with van der Waals surface area (Å²) in [7, 11) is 3.25. The number of rotatable bonds is 7. The Morgan fingerprint density at radius 1 is 0.903 bits per heavy atom. The number of nitrogens with zero attached hydrogens (tertiary/aromatic N) is 1. The Kier molecular flexibility index (Phi) is 7.11. The lowest BCUT2D eigenvalue weighted by molar-refractivity contribution is 0.102. The van der Waals surface area contributed by atoms with E-state index in [1.807, 2.05) is 42.5 Å². The molecule has 0 aliphatic heterocycles. The van der Waals surface area contributed by atoms with Crippen molar-refractivity contribution in [2.24, 2.45) is 0 Å². The van der Waals surface area contributed by atoms with Gasteiger partial charge in [-0.3, -0.25) is 9.69 Å². The van der Waals surface area contributed by atoms with Crippen LogP contribution in [0.4, 0.5) is 27.5 Å². The van der Waals surface area contributed by atoms with Gasteiger partial charge in [0.15, 0.2) is 0 Å². The second-order valence-corrected chi connectivity index (χ2v) is 6.66. The molecule has 0 spiro atoms. The number of anilines is 4. The molecule has 2 amide bonds. The topological polar surface area (TPSA) is 79.9 Å². The van der Waals surface area contributed by atoms with Crippen LogP contribution in [0.1, 0.15) is 17.3 Å². The maximum atomic E-state index is 12.9. The van der Waals surface area contributed by atoms with Crippen LogP contribution in [0, 0.1) is 0 Å². The van der Waals surface area contributed by atoms with Gasteiger partial charge in [-0.15, -0.1) is 0 Å². The van der Waals surface area contributed by atoms with Gasteiger partial charge in [-0.2, -0.15) is 0 Å². The van der Waals surface area contributed by atoms with Crippen LogP contribution >= 0.6 is 0 Å². The Morgan fingerprint density at radius 2 is 1.55 bits per heavy atom.